The highest BCUT2D eigenvalue weighted by Gasteiger charge is 2.22. The molecule has 1 heterocycles. The van der Waals surface area contributed by atoms with Crippen molar-refractivity contribution in [1.29, 1.82) is 0 Å². The summed E-state index contributed by atoms with van der Waals surface area (Å²) in [5.41, 5.74) is 0.945. The molecule has 0 aliphatic rings. The van der Waals surface area contributed by atoms with E-state index >= 15 is 0 Å². The Morgan fingerprint density at radius 2 is 1.78 bits per heavy atom. The summed E-state index contributed by atoms with van der Waals surface area (Å²) in [6.45, 7) is 6.72. The monoisotopic (exact) mass is 395 g/mol. The van der Waals surface area contributed by atoms with Gasteiger partial charge in [0.15, 0.2) is 0 Å². The molecule has 0 spiro atoms. The first kappa shape index (κ1) is 20.9. The van der Waals surface area contributed by atoms with Gasteiger partial charge < -0.3 is 9.84 Å². The summed E-state index contributed by atoms with van der Waals surface area (Å²) in [6, 6.07) is 6.19. The number of rotatable bonds is 5. The average Bonchev–Trinajstić information content (AvgIpc) is 2.81. The van der Waals surface area contributed by atoms with Gasteiger partial charge in [-0.3, -0.25) is 4.79 Å². The molecule has 0 unspecified atom stereocenters. The third kappa shape index (κ3) is 4.67. The number of nitrogens with zero attached hydrogens (tertiary/aromatic N) is 3. The van der Waals surface area contributed by atoms with Crippen LogP contribution in [0.2, 0.25) is 0 Å². The molecule has 0 radical (unpaired) electrons. The van der Waals surface area contributed by atoms with Gasteiger partial charge in [0.2, 0.25) is 15.9 Å². The minimum absolute atomic E-state index is 0.138. The number of benzene rings is 1. The highest BCUT2D eigenvalue weighted by Crippen LogP contribution is 2.30. The van der Waals surface area contributed by atoms with Crippen molar-refractivity contribution in [3.8, 4) is 17.1 Å². The standard InChI is InChI=1S/C18H25N3O5S/c1-12-16(13-7-9-14(10-8-13)27(24,25)20(5)6)19-21(17(12)23)11-15(22)26-18(2,3)4/h7-10,23H,11H2,1-6H3. The van der Waals surface area contributed by atoms with Crippen molar-refractivity contribution in [2.24, 2.45) is 0 Å². The number of esters is 1. The molecule has 0 atom stereocenters. The van der Waals surface area contributed by atoms with E-state index in [0.29, 0.717) is 16.8 Å². The third-order valence-electron chi connectivity index (χ3n) is 3.76. The van der Waals surface area contributed by atoms with Crippen LogP contribution < -0.4 is 0 Å². The predicted octanol–water partition coefficient (Wildman–Crippen LogP) is 2.16. The molecule has 0 amide bonds. The minimum Gasteiger partial charge on any atom is -0.493 e. The molecular weight excluding hydrogens is 370 g/mol. The smallest absolute Gasteiger partial charge is 0.328 e. The van der Waals surface area contributed by atoms with Crippen LogP contribution in [0.3, 0.4) is 0 Å². The van der Waals surface area contributed by atoms with Gasteiger partial charge in [-0.25, -0.2) is 17.4 Å². The predicted molar refractivity (Wildman–Crippen MR) is 101 cm³/mol. The first-order chi connectivity index (χ1) is 12.3. The molecule has 0 fully saturated rings. The lowest BCUT2D eigenvalue weighted by molar-refractivity contribution is -0.155. The number of hydrogen-bond acceptors (Lipinski definition) is 6. The summed E-state index contributed by atoms with van der Waals surface area (Å²) < 4.78 is 31.9. The summed E-state index contributed by atoms with van der Waals surface area (Å²) in [5, 5.41) is 14.6. The highest BCUT2D eigenvalue weighted by molar-refractivity contribution is 7.89. The van der Waals surface area contributed by atoms with Crippen molar-refractivity contribution >= 4 is 16.0 Å². The topological polar surface area (TPSA) is 102 Å². The first-order valence-corrected chi connectivity index (χ1v) is 9.78. The van der Waals surface area contributed by atoms with Crippen molar-refractivity contribution in [2.45, 2.75) is 44.7 Å². The molecule has 0 bridgehead atoms. The van der Waals surface area contributed by atoms with Gasteiger partial charge in [-0.15, -0.1) is 0 Å². The molecule has 2 aromatic rings. The van der Waals surface area contributed by atoms with E-state index in [4.69, 9.17) is 4.74 Å². The molecule has 0 aliphatic heterocycles. The van der Waals surface area contributed by atoms with E-state index in [-0.39, 0.29) is 17.3 Å². The Bertz CT molecular complexity index is 939. The molecule has 0 aliphatic carbocycles. The summed E-state index contributed by atoms with van der Waals surface area (Å²) >= 11 is 0. The van der Waals surface area contributed by atoms with E-state index < -0.39 is 21.6 Å². The lowest BCUT2D eigenvalue weighted by Gasteiger charge is -2.19. The van der Waals surface area contributed by atoms with Gasteiger partial charge in [0.25, 0.3) is 0 Å². The van der Waals surface area contributed by atoms with E-state index in [1.54, 1.807) is 39.8 Å². The van der Waals surface area contributed by atoms with Crippen molar-refractivity contribution in [3.05, 3.63) is 29.8 Å². The van der Waals surface area contributed by atoms with Crippen LogP contribution >= 0.6 is 0 Å². The molecule has 2 rings (SSSR count). The highest BCUT2D eigenvalue weighted by atomic mass is 32.2. The van der Waals surface area contributed by atoms with Crippen LogP contribution in [-0.4, -0.2) is 53.3 Å². The third-order valence-corrected chi connectivity index (χ3v) is 5.59. The summed E-state index contributed by atoms with van der Waals surface area (Å²) in [4.78, 5) is 12.1. The SMILES string of the molecule is Cc1c(-c2ccc(S(=O)(=O)N(C)C)cc2)nn(CC(=O)OC(C)(C)C)c1O. The molecule has 27 heavy (non-hydrogen) atoms. The van der Waals surface area contributed by atoms with Crippen LogP contribution in [0, 0.1) is 6.92 Å². The lowest BCUT2D eigenvalue weighted by atomic mass is 10.1. The van der Waals surface area contributed by atoms with Gasteiger partial charge in [-0.2, -0.15) is 5.10 Å². The van der Waals surface area contributed by atoms with Crippen molar-refractivity contribution in [3.63, 3.8) is 0 Å². The van der Waals surface area contributed by atoms with Crippen molar-refractivity contribution < 1.29 is 23.1 Å². The number of carbonyl (C=O) groups excluding carboxylic acids is 1. The maximum absolute atomic E-state index is 12.2. The van der Waals surface area contributed by atoms with E-state index in [2.05, 4.69) is 5.10 Å². The Balaban J connectivity index is 2.31. The number of sulfonamides is 1. The second-order valence-electron chi connectivity index (χ2n) is 7.35. The van der Waals surface area contributed by atoms with Gasteiger partial charge in [-0.1, -0.05) is 12.1 Å². The van der Waals surface area contributed by atoms with Gasteiger partial charge in [-0.05, 0) is 39.8 Å². The Labute approximate surface area is 159 Å². The molecule has 1 aromatic heterocycles. The van der Waals surface area contributed by atoms with Crippen LogP contribution in [0.25, 0.3) is 11.3 Å². The quantitative estimate of drug-likeness (QED) is 0.779. The fourth-order valence-electron chi connectivity index (χ4n) is 2.42. The second kappa shape index (κ2) is 7.32. The van der Waals surface area contributed by atoms with E-state index in [1.807, 2.05) is 0 Å². The fraction of sp³-hybridized carbons (Fsp3) is 0.444. The van der Waals surface area contributed by atoms with Gasteiger partial charge >= 0.3 is 5.97 Å². The minimum atomic E-state index is -3.53. The summed E-state index contributed by atoms with van der Waals surface area (Å²) in [7, 11) is -0.601. The number of hydrogen-bond donors (Lipinski definition) is 1. The molecule has 0 saturated heterocycles. The maximum atomic E-state index is 12.2. The number of aromatic nitrogens is 2. The molecule has 1 N–H and O–H groups in total. The largest absolute Gasteiger partial charge is 0.493 e. The zero-order valence-corrected chi connectivity index (χ0v) is 17.2. The van der Waals surface area contributed by atoms with E-state index in [0.717, 1.165) is 4.31 Å². The second-order valence-corrected chi connectivity index (χ2v) is 9.50. The number of aromatic hydroxyl groups is 1. The van der Waals surface area contributed by atoms with Gasteiger partial charge in [0.05, 0.1) is 10.6 Å². The zero-order valence-electron chi connectivity index (χ0n) is 16.3. The lowest BCUT2D eigenvalue weighted by Crippen LogP contribution is -2.26. The average molecular weight is 395 g/mol. The Morgan fingerprint density at radius 1 is 1.22 bits per heavy atom. The van der Waals surface area contributed by atoms with Gasteiger partial charge in [0.1, 0.15) is 12.1 Å². The number of ether oxygens (including phenoxy) is 1. The first-order valence-electron chi connectivity index (χ1n) is 8.34. The molecule has 148 valence electrons. The fourth-order valence-corrected chi connectivity index (χ4v) is 3.32. The van der Waals surface area contributed by atoms with Crippen LogP contribution in [0.5, 0.6) is 5.88 Å². The van der Waals surface area contributed by atoms with Gasteiger partial charge in [0, 0.05) is 25.2 Å². The Kier molecular flexibility index (Phi) is 5.67. The van der Waals surface area contributed by atoms with E-state index in [9.17, 15) is 18.3 Å². The van der Waals surface area contributed by atoms with Crippen LogP contribution in [0.15, 0.2) is 29.2 Å². The van der Waals surface area contributed by atoms with Crippen molar-refractivity contribution in [1.82, 2.24) is 14.1 Å². The summed E-state index contributed by atoms with van der Waals surface area (Å²) in [5.74, 6) is -0.653. The van der Waals surface area contributed by atoms with Crippen LogP contribution in [-0.2, 0) is 26.1 Å². The zero-order chi connectivity index (χ0) is 20.6. The van der Waals surface area contributed by atoms with Crippen LogP contribution in [0.1, 0.15) is 26.3 Å². The molecule has 9 heteroatoms. The summed E-state index contributed by atoms with van der Waals surface area (Å²) in [6.07, 6.45) is 0. The maximum Gasteiger partial charge on any atom is 0.328 e. The normalized spacial score (nSPS) is 12.4. The molecular formula is C18H25N3O5S. The molecule has 0 saturated carbocycles. The number of carbonyl (C=O) groups is 1. The van der Waals surface area contributed by atoms with E-state index in [1.165, 1.54) is 30.9 Å². The Morgan fingerprint density at radius 3 is 2.26 bits per heavy atom. The van der Waals surface area contributed by atoms with Crippen LogP contribution in [0.4, 0.5) is 0 Å². The Hall–Kier alpha value is -2.39. The molecule has 8 nitrogen and oxygen atoms in total. The molecule has 1 aromatic carbocycles. The van der Waals surface area contributed by atoms with Crippen molar-refractivity contribution in [2.75, 3.05) is 14.1 Å².